The first-order valence-corrected chi connectivity index (χ1v) is 10.1. The molecular formula is C22H28FN5O. The van der Waals surface area contributed by atoms with Crippen molar-refractivity contribution < 1.29 is 9.18 Å². The number of rotatable bonds is 6. The Labute approximate surface area is 171 Å². The van der Waals surface area contributed by atoms with Gasteiger partial charge in [-0.2, -0.15) is 5.10 Å². The Morgan fingerprint density at radius 1 is 1.24 bits per heavy atom. The molecule has 0 radical (unpaired) electrons. The van der Waals surface area contributed by atoms with E-state index in [1.165, 1.54) is 29.8 Å². The van der Waals surface area contributed by atoms with E-state index in [4.69, 9.17) is 0 Å². The molecular weight excluding hydrogens is 369 g/mol. The molecule has 1 aliphatic rings. The maximum Gasteiger partial charge on any atom is 0.222 e. The molecule has 3 aromatic heterocycles. The van der Waals surface area contributed by atoms with Crippen LogP contribution in [-0.4, -0.2) is 52.1 Å². The Morgan fingerprint density at radius 2 is 2.10 bits per heavy atom. The standard InChI is InChI=1S/C12H16FN3O.C10H12N2/c1-15(11-5-4-10(13)9-14-11)7-8-16-6-2-3-12(16)17;1-2-4-9-5-3-8-12-10(9)6-7-11-12/h4-5,9H,2-3,6-8H2,1H3;3,5-8H,2,4H2,1H3. The molecule has 3 aromatic rings. The number of carbonyl (C=O) groups excluding carboxylic acids is 1. The molecule has 0 bridgehead atoms. The van der Waals surface area contributed by atoms with Crippen LogP contribution in [0.15, 0.2) is 48.9 Å². The molecule has 0 aromatic carbocycles. The fourth-order valence-corrected chi connectivity index (χ4v) is 3.41. The lowest BCUT2D eigenvalue weighted by atomic mass is 10.1. The minimum Gasteiger partial charge on any atom is -0.358 e. The van der Waals surface area contributed by atoms with Crippen molar-refractivity contribution in [1.29, 1.82) is 0 Å². The molecule has 4 rings (SSSR count). The summed E-state index contributed by atoms with van der Waals surface area (Å²) in [6, 6.07) is 9.30. The van der Waals surface area contributed by atoms with Gasteiger partial charge in [0.1, 0.15) is 11.6 Å². The second kappa shape index (κ2) is 10.0. The number of hydrogen-bond donors (Lipinski definition) is 0. The van der Waals surface area contributed by atoms with Crippen molar-refractivity contribution in [3.05, 3.63) is 60.3 Å². The van der Waals surface area contributed by atoms with E-state index in [0.717, 1.165) is 25.2 Å². The van der Waals surface area contributed by atoms with Gasteiger partial charge in [-0.25, -0.2) is 13.9 Å². The SMILES string of the molecule is CCCc1cccn2nccc12.CN(CCN1CCCC1=O)c1ccc(F)cn1. The van der Waals surface area contributed by atoms with Crippen molar-refractivity contribution in [2.75, 3.05) is 31.6 Å². The molecule has 1 saturated heterocycles. The van der Waals surface area contributed by atoms with Crippen LogP contribution in [0.25, 0.3) is 5.52 Å². The Hall–Kier alpha value is -2.96. The molecule has 0 atom stereocenters. The van der Waals surface area contributed by atoms with Crippen molar-refractivity contribution in [2.24, 2.45) is 0 Å². The van der Waals surface area contributed by atoms with E-state index < -0.39 is 0 Å². The zero-order chi connectivity index (χ0) is 20.6. The zero-order valence-corrected chi connectivity index (χ0v) is 17.1. The highest BCUT2D eigenvalue weighted by Crippen LogP contribution is 2.12. The molecule has 154 valence electrons. The van der Waals surface area contributed by atoms with Gasteiger partial charge in [-0.05, 0) is 42.7 Å². The molecule has 1 amide bonds. The van der Waals surface area contributed by atoms with Crippen LogP contribution in [0.3, 0.4) is 0 Å². The first-order chi connectivity index (χ1) is 14.1. The van der Waals surface area contributed by atoms with Gasteiger partial charge in [-0.1, -0.05) is 19.4 Å². The van der Waals surface area contributed by atoms with Crippen molar-refractivity contribution in [2.45, 2.75) is 32.6 Å². The van der Waals surface area contributed by atoms with E-state index in [2.05, 4.69) is 29.1 Å². The van der Waals surface area contributed by atoms with Crippen LogP contribution in [0.4, 0.5) is 10.2 Å². The van der Waals surface area contributed by atoms with Crippen LogP contribution in [-0.2, 0) is 11.2 Å². The lowest BCUT2D eigenvalue weighted by Crippen LogP contribution is -2.34. The number of likely N-dealkylation sites (N-methyl/N-ethyl adjacent to an activating group) is 1. The summed E-state index contributed by atoms with van der Waals surface area (Å²) in [6.07, 6.45) is 8.96. The largest absolute Gasteiger partial charge is 0.358 e. The van der Waals surface area contributed by atoms with Crippen LogP contribution in [0.5, 0.6) is 0 Å². The Balaban J connectivity index is 0.000000176. The summed E-state index contributed by atoms with van der Waals surface area (Å²) in [4.78, 5) is 19.2. The van der Waals surface area contributed by atoms with Gasteiger partial charge in [0.05, 0.1) is 11.7 Å². The van der Waals surface area contributed by atoms with Gasteiger partial charge >= 0.3 is 0 Å². The monoisotopic (exact) mass is 397 g/mol. The summed E-state index contributed by atoms with van der Waals surface area (Å²) < 4.78 is 14.6. The predicted octanol–water partition coefficient (Wildman–Crippen LogP) is 3.57. The van der Waals surface area contributed by atoms with E-state index in [1.807, 2.05) is 39.8 Å². The zero-order valence-electron chi connectivity index (χ0n) is 17.1. The predicted molar refractivity (Wildman–Crippen MR) is 112 cm³/mol. The number of halogens is 1. The Kier molecular flexibility index (Phi) is 7.16. The van der Waals surface area contributed by atoms with Gasteiger partial charge in [0.2, 0.25) is 5.91 Å². The highest BCUT2D eigenvalue weighted by atomic mass is 19.1. The van der Waals surface area contributed by atoms with Gasteiger partial charge in [0.25, 0.3) is 0 Å². The van der Waals surface area contributed by atoms with E-state index in [9.17, 15) is 9.18 Å². The Morgan fingerprint density at radius 3 is 2.79 bits per heavy atom. The number of nitrogens with zero attached hydrogens (tertiary/aromatic N) is 5. The van der Waals surface area contributed by atoms with Crippen LogP contribution >= 0.6 is 0 Å². The van der Waals surface area contributed by atoms with Gasteiger partial charge in [-0.15, -0.1) is 0 Å². The molecule has 1 aliphatic heterocycles. The van der Waals surface area contributed by atoms with E-state index in [-0.39, 0.29) is 11.7 Å². The number of hydrogen-bond acceptors (Lipinski definition) is 4. The highest BCUT2D eigenvalue weighted by Gasteiger charge is 2.19. The van der Waals surface area contributed by atoms with Gasteiger partial charge < -0.3 is 9.80 Å². The third kappa shape index (κ3) is 5.53. The van der Waals surface area contributed by atoms with Crippen LogP contribution in [0.1, 0.15) is 31.7 Å². The van der Waals surface area contributed by atoms with Crippen molar-refractivity contribution in [3.8, 4) is 0 Å². The second-order valence-corrected chi connectivity index (χ2v) is 7.18. The third-order valence-corrected chi connectivity index (χ3v) is 5.02. The lowest BCUT2D eigenvalue weighted by Gasteiger charge is -2.22. The molecule has 4 heterocycles. The first-order valence-electron chi connectivity index (χ1n) is 10.1. The molecule has 1 fully saturated rings. The third-order valence-electron chi connectivity index (χ3n) is 5.02. The maximum absolute atomic E-state index is 12.7. The summed E-state index contributed by atoms with van der Waals surface area (Å²) >= 11 is 0. The molecule has 0 N–H and O–H groups in total. The summed E-state index contributed by atoms with van der Waals surface area (Å²) in [7, 11) is 1.89. The van der Waals surface area contributed by atoms with E-state index in [0.29, 0.717) is 19.5 Å². The van der Waals surface area contributed by atoms with E-state index >= 15 is 0 Å². The number of aromatic nitrogens is 3. The number of amides is 1. The minimum absolute atomic E-state index is 0.227. The van der Waals surface area contributed by atoms with Crippen molar-refractivity contribution in [1.82, 2.24) is 19.5 Å². The lowest BCUT2D eigenvalue weighted by molar-refractivity contribution is -0.127. The number of fused-ring (bicyclic) bond motifs is 1. The van der Waals surface area contributed by atoms with Crippen LogP contribution in [0, 0.1) is 5.82 Å². The van der Waals surface area contributed by atoms with Gasteiger partial charge in [0, 0.05) is 45.5 Å². The number of likely N-dealkylation sites (tertiary alicyclic amines) is 1. The molecule has 0 aliphatic carbocycles. The topological polar surface area (TPSA) is 53.7 Å². The fraction of sp³-hybridized carbons (Fsp3) is 0.409. The quantitative estimate of drug-likeness (QED) is 0.638. The maximum atomic E-state index is 12.7. The van der Waals surface area contributed by atoms with E-state index in [1.54, 1.807) is 6.07 Å². The number of aryl methyl sites for hydroxylation is 1. The average molecular weight is 397 g/mol. The summed E-state index contributed by atoms with van der Waals surface area (Å²) in [6.45, 7) is 4.46. The molecule has 0 saturated carbocycles. The smallest absolute Gasteiger partial charge is 0.222 e. The molecule has 7 heteroatoms. The molecule has 0 spiro atoms. The molecule has 0 unspecified atom stereocenters. The van der Waals surface area contributed by atoms with Crippen molar-refractivity contribution in [3.63, 3.8) is 0 Å². The Bertz CT molecular complexity index is 924. The normalized spacial score (nSPS) is 13.5. The van der Waals surface area contributed by atoms with Crippen molar-refractivity contribution >= 4 is 17.2 Å². The highest BCUT2D eigenvalue weighted by molar-refractivity contribution is 5.78. The average Bonchev–Trinajstić information content (AvgIpc) is 3.37. The van der Waals surface area contributed by atoms with Gasteiger partial charge in [0.15, 0.2) is 0 Å². The second-order valence-electron chi connectivity index (χ2n) is 7.18. The number of anilines is 1. The minimum atomic E-state index is -0.336. The van der Waals surface area contributed by atoms with Gasteiger partial charge in [-0.3, -0.25) is 4.79 Å². The number of pyridine rings is 2. The summed E-state index contributed by atoms with van der Waals surface area (Å²) in [5, 5.41) is 4.18. The van der Waals surface area contributed by atoms with Crippen LogP contribution in [0.2, 0.25) is 0 Å². The summed E-state index contributed by atoms with van der Waals surface area (Å²) in [5.74, 6) is 0.611. The first kappa shape index (κ1) is 20.8. The molecule has 29 heavy (non-hydrogen) atoms. The van der Waals surface area contributed by atoms with Crippen LogP contribution < -0.4 is 4.90 Å². The molecule has 6 nitrogen and oxygen atoms in total. The number of carbonyl (C=O) groups is 1. The fourth-order valence-electron chi connectivity index (χ4n) is 3.41. The summed E-state index contributed by atoms with van der Waals surface area (Å²) in [5.41, 5.74) is 2.62.